The molecule has 0 aromatic heterocycles. The van der Waals surface area contributed by atoms with Gasteiger partial charge in [0.2, 0.25) is 0 Å². The standard InChI is InChI=1S/C11H21NO3S/c1-12(9-2-4-11(13)5-3-9)10-6-7-16(14,15)8-10/h9-11,13H,2-8H2,1H3. The second-order valence-electron chi connectivity index (χ2n) is 5.18. The van der Waals surface area contributed by atoms with Crippen molar-refractivity contribution in [2.45, 2.75) is 50.3 Å². The fraction of sp³-hybridized carbons (Fsp3) is 1.00. The summed E-state index contributed by atoms with van der Waals surface area (Å²) in [5.41, 5.74) is 0. The van der Waals surface area contributed by atoms with Crippen LogP contribution in [0.4, 0.5) is 0 Å². The molecule has 1 aliphatic carbocycles. The lowest BCUT2D eigenvalue weighted by Gasteiger charge is -2.36. The molecular formula is C11H21NO3S. The smallest absolute Gasteiger partial charge is 0.151 e. The molecule has 5 heteroatoms. The molecule has 1 saturated carbocycles. The molecule has 0 amide bonds. The molecule has 94 valence electrons. The summed E-state index contributed by atoms with van der Waals surface area (Å²) in [6.07, 6.45) is 4.33. The molecule has 1 atom stereocenters. The van der Waals surface area contributed by atoms with E-state index in [4.69, 9.17) is 0 Å². The van der Waals surface area contributed by atoms with Crippen molar-refractivity contribution in [3.8, 4) is 0 Å². The van der Waals surface area contributed by atoms with E-state index in [1.54, 1.807) is 0 Å². The van der Waals surface area contributed by atoms with Gasteiger partial charge in [-0.1, -0.05) is 0 Å². The zero-order valence-corrected chi connectivity index (χ0v) is 10.6. The Kier molecular flexibility index (Phi) is 3.56. The minimum Gasteiger partial charge on any atom is -0.393 e. The average Bonchev–Trinajstić information content (AvgIpc) is 2.59. The molecule has 0 bridgehead atoms. The molecule has 2 fully saturated rings. The SMILES string of the molecule is CN(C1CCC(O)CC1)C1CCS(=O)(=O)C1. The van der Waals surface area contributed by atoms with Crippen LogP contribution in [-0.4, -0.2) is 55.2 Å². The van der Waals surface area contributed by atoms with Crippen molar-refractivity contribution in [2.75, 3.05) is 18.6 Å². The zero-order valence-electron chi connectivity index (χ0n) is 9.80. The zero-order chi connectivity index (χ0) is 11.8. The van der Waals surface area contributed by atoms with Gasteiger partial charge in [-0.15, -0.1) is 0 Å². The van der Waals surface area contributed by atoms with E-state index in [0.717, 1.165) is 32.1 Å². The maximum Gasteiger partial charge on any atom is 0.151 e. The number of hydrogen-bond acceptors (Lipinski definition) is 4. The van der Waals surface area contributed by atoms with Gasteiger partial charge in [0.15, 0.2) is 9.84 Å². The van der Waals surface area contributed by atoms with Crippen LogP contribution in [0.3, 0.4) is 0 Å². The molecule has 1 saturated heterocycles. The Hall–Kier alpha value is -0.130. The summed E-state index contributed by atoms with van der Waals surface area (Å²) in [5.74, 6) is 0.667. The Balaban J connectivity index is 1.91. The molecule has 1 aliphatic heterocycles. The number of aliphatic hydroxyl groups excluding tert-OH is 1. The number of nitrogens with zero attached hydrogens (tertiary/aromatic N) is 1. The summed E-state index contributed by atoms with van der Waals surface area (Å²) in [6.45, 7) is 0. The van der Waals surface area contributed by atoms with Crippen LogP contribution in [0.2, 0.25) is 0 Å². The Morgan fingerprint density at radius 1 is 1.06 bits per heavy atom. The molecule has 0 aromatic carbocycles. The van der Waals surface area contributed by atoms with Gasteiger partial charge in [-0.2, -0.15) is 0 Å². The summed E-state index contributed by atoms with van der Waals surface area (Å²) < 4.78 is 22.8. The highest BCUT2D eigenvalue weighted by atomic mass is 32.2. The fourth-order valence-corrected chi connectivity index (χ4v) is 4.65. The molecule has 2 aliphatic rings. The summed E-state index contributed by atoms with van der Waals surface area (Å²) >= 11 is 0. The van der Waals surface area contributed by atoms with Gasteiger partial charge in [0.1, 0.15) is 0 Å². The number of hydrogen-bond donors (Lipinski definition) is 1. The largest absolute Gasteiger partial charge is 0.393 e. The molecule has 1 heterocycles. The average molecular weight is 247 g/mol. The van der Waals surface area contributed by atoms with Gasteiger partial charge in [-0.05, 0) is 39.2 Å². The van der Waals surface area contributed by atoms with E-state index in [1.165, 1.54) is 0 Å². The molecule has 1 unspecified atom stereocenters. The molecule has 16 heavy (non-hydrogen) atoms. The number of sulfone groups is 1. The van der Waals surface area contributed by atoms with Crippen LogP contribution < -0.4 is 0 Å². The minimum absolute atomic E-state index is 0.142. The monoisotopic (exact) mass is 247 g/mol. The first kappa shape index (κ1) is 12.3. The highest BCUT2D eigenvalue weighted by Gasteiger charge is 2.34. The Morgan fingerprint density at radius 2 is 1.69 bits per heavy atom. The van der Waals surface area contributed by atoms with Gasteiger partial charge in [0.05, 0.1) is 17.6 Å². The molecule has 0 aromatic rings. The Morgan fingerprint density at radius 3 is 2.19 bits per heavy atom. The fourth-order valence-electron chi connectivity index (χ4n) is 2.86. The van der Waals surface area contributed by atoms with Gasteiger partial charge >= 0.3 is 0 Å². The predicted octanol–water partition coefficient (Wildman–Crippen LogP) is 0.409. The number of rotatable bonds is 2. The van der Waals surface area contributed by atoms with E-state index < -0.39 is 9.84 Å². The van der Waals surface area contributed by atoms with Crippen LogP contribution in [0.1, 0.15) is 32.1 Å². The van der Waals surface area contributed by atoms with Crippen LogP contribution in [0, 0.1) is 0 Å². The molecule has 2 rings (SSSR count). The van der Waals surface area contributed by atoms with Crippen molar-refractivity contribution in [3.63, 3.8) is 0 Å². The first-order chi connectivity index (χ1) is 7.48. The second kappa shape index (κ2) is 4.63. The van der Waals surface area contributed by atoms with Crippen LogP contribution in [-0.2, 0) is 9.84 Å². The number of aliphatic hydroxyl groups is 1. The first-order valence-electron chi connectivity index (χ1n) is 6.08. The van der Waals surface area contributed by atoms with Crippen molar-refractivity contribution in [1.82, 2.24) is 4.90 Å². The van der Waals surface area contributed by atoms with Crippen molar-refractivity contribution in [2.24, 2.45) is 0 Å². The summed E-state index contributed by atoms with van der Waals surface area (Å²) in [4.78, 5) is 2.23. The van der Waals surface area contributed by atoms with E-state index in [0.29, 0.717) is 17.5 Å². The van der Waals surface area contributed by atoms with Crippen molar-refractivity contribution >= 4 is 9.84 Å². The lowest BCUT2D eigenvalue weighted by atomic mass is 9.91. The van der Waals surface area contributed by atoms with Crippen molar-refractivity contribution in [1.29, 1.82) is 0 Å². The summed E-state index contributed by atoms with van der Waals surface area (Å²) in [7, 11) is -0.745. The topological polar surface area (TPSA) is 57.6 Å². The van der Waals surface area contributed by atoms with Gasteiger partial charge in [0.25, 0.3) is 0 Å². The second-order valence-corrected chi connectivity index (χ2v) is 7.41. The predicted molar refractivity (Wildman–Crippen MR) is 63.1 cm³/mol. The Labute approximate surface area is 97.6 Å². The maximum absolute atomic E-state index is 11.4. The van der Waals surface area contributed by atoms with Crippen LogP contribution in [0.25, 0.3) is 0 Å². The maximum atomic E-state index is 11.4. The first-order valence-corrected chi connectivity index (χ1v) is 7.90. The van der Waals surface area contributed by atoms with Crippen LogP contribution >= 0.6 is 0 Å². The third kappa shape index (κ3) is 2.76. The molecular weight excluding hydrogens is 226 g/mol. The van der Waals surface area contributed by atoms with Gasteiger partial charge < -0.3 is 5.11 Å². The van der Waals surface area contributed by atoms with E-state index in [9.17, 15) is 13.5 Å². The van der Waals surface area contributed by atoms with Crippen LogP contribution in [0.5, 0.6) is 0 Å². The quantitative estimate of drug-likeness (QED) is 0.768. The highest BCUT2D eigenvalue weighted by molar-refractivity contribution is 7.91. The minimum atomic E-state index is -2.78. The summed E-state index contributed by atoms with van der Waals surface area (Å²) in [6, 6.07) is 0.659. The van der Waals surface area contributed by atoms with Crippen LogP contribution in [0.15, 0.2) is 0 Å². The van der Waals surface area contributed by atoms with E-state index in [2.05, 4.69) is 4.90 Å². The van der Waals surface area contributed by atoms with Crippen molar-refractivity contribution in [3.05, 3.63) is 0 Å². The normalized spacial score (nSPS) is 39.1. The van der Waals surface area contributed by atoms with E-state index in [1.807, 2.05) is 7.05 Å². The van der Waals surface area contributed by atoms with Gasteiger partial charge in [0, 0.05) is 12.1 Å². The van der Waals surface area contributed by atoms with E-state index in [-0.39, 0.29) is 12.1 Å². The van der Waals surface area contributed by atoms with Crippen molar-refractivity contribution < 1.29 is 13.5 Å². The highest BCUT2D eigenvalue weighted by Crippen LogP contribution is 2.26. The molecule has 4 nitrogen and oxygen atoms in total. The Bertz CT molecular complexity index is 333. The van der Waals surface area contributed by atoms with Gasteiger partial charge in [-0.25, -0.2) is 8.42 Å². The lowest BCUT2D eigenvalue weighted by molar-refractivity contribution is 0.0713. The molecule has 0 radical (unpaired) electrons. The molecule has 1 N–H and O–H groups in total. The third-order valence-corrected chi connectivity index (χ3v) is 5.78. The summed E-state index contributed by atoms with van der Waals surface area (Å²) in [5, 5.41) is 9.44. The van der Waals surface area contributed by atoms with Gasteiger partial charge in [-0.3, -0.25) is 4.90 Å². The third-order valence-electron chi connectivity index (χ3n) is 4.03. The lowest BCUT2D eigenvalue weighted by Crippen LogP contribution is -2.43. The van der Waals surface area contributed by atoms with E-state index >= 15 is 0 Å². The molecule has 0 spiro atoms.